The molecule has 0 bridgehead atoms. The number of carbonyl (C=O) groups is 2. The second-order valence-corrected chi connectivity index (χ2v) is 4.26. The molecule has 1 atom stereocenters. The molecule has 0 aromatic rings. The van der Waals surface area contributed by atoms with Crippen LogP contribution in [0, 0.1) is 0 Å². The Hall–Kier alpha value is -0.640. The minimum Gasteiger partial charge on any atom is -0.457 e. The predicted molar refractivity (Wildman–Crippen MR) is 58.4 cm³/mol. The van der Waals surface area contributed by atoms with Crippen molar-refractivity contribution in [3.05, 3.63) is 12.7 Å². The van der Waals surface area contributed by atoms with Gasteiger partial charge in [-0.3, -0.25) is 4.79 Å². The molecule has 0 aromatic heterocycles. The van der Waals surface area contributed by atoms with Gasteiger partial charge in [0.1, 0.15) is 0 Å². The third kappa shape index (κ3) is 5.17. The number of halogens is 1. The Kier molecular flexibility index (Phi) is 6.45. The van der Waals surface area contributed by atoms with E-state index in [1.54, 1.807) is 19.9 Å². The predicted octanol–water partition coefficient (Wildman–Crippen LogP) is 2.24. The van der Waals surface area contributed by atoms with Crippen molar-refractivity contribution in [1.29, 1.82) is 0 Å². The summed E-state index contributed by atoms with van der Waals surface area (Å²) in [6.45, 7) is 6.95. The maximum absolute atomic E-state index is 11.3. The standard InChI is InChI=1S/C10H15BrO3/c1-4-5-6-8(11)9(12)10(13)14-7(2)3/h4,7-8H,1,5-6H2,2-3H3. The zero-order valence-electron chi connectivity index (χ0n) is 8.46. The Morgan fingerprint density at radius 2 is 2.07 bits per heavy atom. The third-order valence-corrected chi connectivity index (χ3v) is 2.33. The van der Waals surface area contributed by atoms with Gasteiger partial charge in [0, 0.05) is 0 Å². The maximum Gasteiger partial charge on any atom is 0.376 e. The molecule has 0 aromatic carbocycles. The molecule has 0 spiro atoms. The molecule has 0 fully saturated rings. The molecule has 80 valence electrons. The first-order chi connectivity index (χ1) is 6.49. The summed E-state index contributed by atoms with van der Waals surface area (Å²) in [5, 5.41) is 0. The monoisotopic (exact) mass is 262 g/mol. The molecule has 0 radical (unpaired) electrons. The molecule has 3 nitrogen and oxygen atoms in total. The lowest BCUT2D eigenvalue weighted by atomic mass is 10.2. The summed E-state index contributed by atoms with van der Waals surface area (Å²) >= 11 is 3.14. The van der Waals surface area contributed by atoms with Crippen LogP contribution in [0.1, 0.15) is 26.7 Å². The number of rotatable bonds is 6. The van der Waals surface area contributed by atoms with Crippen molar-refractivity contribution in [3.8, 4) is 0 Å². The third-order valence-electron chi connectivity index (χ3n) is 1.45. The van der Waals surface area contributed by atoms with Crippen LogP contribution < -0.4 is 0 Å². The summed E-state index contributed by atoms with van der Waals surface area (Å²) in [5.74, 6) is -1.30. The summed E-state index contributed by atoms with van der Waals surface area (Å²) in [7, 11) is 0. The number of carbonyl (C=O) groups excluding carboxylic acids is 2. The lowest BCUT2D eigenvalue weighted by Gasteiger charge is -2.09. The average molecular weight is 263 g/mol. The molecular formula is C10H15BrO3. The summed E-state index contributed by atoms with van der Waals surface area (Å²) in [6.07, 6.45) is 2.70. The summed E-state index contributed by atoms with van der Waals surface area (Å²) in [6, 6.07) is 0. The van der Waals surface area contributed by atoms with E-state index in [-0.39, 0.29) is 6.10 Å². The minimum absolute atomic E-state index is 0.259. The van der Waals surface area contributed by atoms with Crippen LogP contribution in [0.25, 0.3) is 0 Å². The highest BCUT2D eigenvalue weighted by Crippen LogP contribution is 2.11. The topological polar surface area (TPSA) is 43.4 Å². The van der Waals surface area contributed by atoms with Gasteiger partial charge in [-0.05, 0) is 26.7 Å². The fourth-order valence-corrected chi connectivity index (χ4v) is 1.25. The van der Waals surface area contributed by atoms with E-state index < -0.39 is 16.6 Å². The highest BCUT2D eigenvalue weighted by Gasteiger charge is 2.24. The number of alkyl halides is 1. The molecular weight excluding hydrogens is 248 g/mol. The van der Waals surface area contributed by atoms with Crippen molar-refractivity contribution in [2.24, 2.45) is 0 Å². The van der Waals surface area contributed by atoms with Crippen LogP contribution in [-0.2, 0) is 14.3 Å². The smallest absolute Gasteiger partial charge is 0.376 e. The first-order valence-corrected chi connectivity index (χ1v) is 5.40. The van der Waals surface area contributed by atoms with Gasteiger partial charge in [-0.15, -0.1) is 6.58 Å². The molecule has 0 saturated carbocycles. The summed E-state index contributed by atoms with van der Waals surface area (Å²) in [4.78, 5) is 22.0. The fourth-order valence-electron chi connectivity index (χ4n) is 0.795. The number of ketones is 1. The average Bonchev–Trinajstić information content (AvgIpc) is 2.11. The molecule has 0 saturated heterocycles. The fraction of sp³-hybridized carbons (Fsp3) is 0.600. The van der Waals surface area contributed by atoms with Gasteiger partial charge in [0.2, 0.25) is 0 Å². The van der Waals surface area contributed by atoms with Gasteiger partial charge in [0.15, 0.2) is 0 Å². The molecule has 0 aliphatic heterocycles. The van der Waals surface area contributed by atoms with Crippen LogP contribution in [0.5, 0.6) is 0 Å². The number of esters is 1. The van der Waals surface area contributed by atoms with Crippen molar-refractivity contribution < 1.29 is 14.3 Å². The first-order valence-electron chi connectivity index (χ1n) is 4.48. The van der Waals surface area contributed by atoms with Crippen LogP contribution >= 0.6 is 15.9 Å². The van der Waals surface area contributed by atoms with E-state index in [0.29, 0.717) is 12.8 Å². The van der Waals surface area contributed by atoms with Crippen LogP contribution in [0.2, 0.25) is 0 Å². The molecule has 0 amide bonds. The van der Waals surface area contributed by atoms with Gasteiger partial charge in [-0.25, -0.2) is 4.79 Å². The second kappa shape index (κ2) is 6.76. The van der Waals surface area contributed by atoms with E-state index in [0.717, 1.165) is 0 Å². The van der Waals surface area contributed by atoms with Gasteiger partial charge in [-0.1, -0.05) is 22.0 Å². The van der Waals surface area contributed by atoms with E-state index in [4.69, 9.17) is 4.74 Å². The van der Waals surface area contributed by atoms with Gasteiger partial charge in [-0.2, -0.15) is 0 Å². The molecule has 0 aliphatic carbocycles. The Labute approximate surface area is 92.6 Å². The number of hydrogen-bond acceptors (Lipinski definition) is 3. The van der Waals surface area contributed by atoms with Gasteiger partial charge in [0.25, 0.3) is 5.78 Å². The summed E-state index contributed by atoms with van der Waals surface area (Å²) in [5.41, 5.74) is 0. The van der Waals surface area contributed by atoms with Crippen LogP contribution in [0.3, 0.4) is 0 Å². The Balaban J connectivity index is 4.03. The zero-order chi connectivity index (χ0) is 11.1. The normalized spacial score (nSPS) is 12.3. The van der Waals surface area contributed by atoms with Crippen molar-refractivity contribution in [2.45, 2.75) is 37.6 Å². The van der Waals surface area contributed by atoms with Crippen molar-refractivity contribution in [2.75, 3.05) is 0 Å². The van der Waals surface area contributed by atoms with Crippen molar-refractivity contribution in [3.63, 3.8) is 0 Å². The zero-order valence-corrected chi connectivity index (χ0v) is 10.0. The van der Waals surface area contributed by atoms with E-state index in [2.05, 4.69) is 22.5 Å². The molecule has 0 N–H and O–H groups in total. The first kappa shape index (κ1) is 13.4. The van der Waals surface area contributed by atoms with Crippen LogP contribution in [0.15, 0.2) is 12.7 Å². The van der Waals surface area contributed by atoms with Gasteiger partial charge < -0.3 is 4.74 Å². The molecule has 0 heterocycles. The Morgan fingerprint density at radius 1 is 1.50 bits per heavy atom. The highest BCUT2D eigenvalue weighted by atomic mass is 79.9. The van der Waals surface area contributed by atoms with Crippen molar-refractivity contribution in [1.82, 2.24) is 0 Å². The number of Topliss-reactive ketones (excluding diaryl/α,β-unsaturated/α-hetero) is 1. The quantitative estimate of drug-likeness (QED) is 0.319. The lowest BCUT2D eigenvalue weighted by Crippen LogP contribution is -2.28. The lowest BCUT2D eigenvalue weighted by molar-refractivity contribution is -0.156. The summed E-state index contributed by atoms with van der Waals surface area (Å²) < 4.78 is 4.77. The Morgan fingerprint density at radius 3 is 2.50 bits per heavy atom. The maximum atomic E-state index is 11.3. The highest BCUT2D eigenvalue weighted by molar-refractivity contribution is 9.10. The number of hydrogen-bond donors (Lipinski definition) is 0. The molecule has 0 aliphatic rings. The van der Waals surface area contributed by atoms with E-state index in [1.165, 1.54) is 0 Å². The largest absolute Gasteiger partial charge is 0.457 e. The minimum atomic E-state index is -0.772. The SMILES string of the molecule is C=CCCC(Br)C(=O)C(=O)OC(C)C. The van der Waals surface area contributed by atoms with Crippen LogP contribution in [-0.4, -0.2) is 22.7 Å². The second-order valence-electron chi connectivity index (χ2n) is 3.15. The van der Waals surface area contributed by atoms with E-state index >= 15 is 0 Å². The van der Waals surface area contributed by atoms with Gasteiger partial charge >= 0.3 is 5.97 Å². The van der Waals surface area contributed by atoms with E-state index in [9.17, 15) is 9.59 Å². The number of ether oxygens (including phenoxy) is 1. The molecule has 0 rings (SSSR count). The molecule has 4 heteroatoms. The van der Waals surface area contributed by atoms with Crippen LogP contribution in [0.4, 0.5) is 0 Å². The van der Waals surface area contributed by atoms with E-state index in [1.807, 2.05) is 0 Å². The Bertz CT molecular complexity index is 223. The molecule has 14 heavy (non-hydrogen) atoms. The van der Waals surface area contributed by atoms with Gasteiger partial charge in [0.05, 0.1) is 10.9 Å². The number of allylic oxidation sites excluding steroid dienone is 1. The molecule has 1 unspecified atom stereocenters. The van der Waals surface area contributed by atoms with Crippen molar-refractivity contribution >= 4 is 27.7 Å².